The van der Waals surface area contributed by atoms with Crippen molar-refractivity contribution in [3.05, 3.63) is 94.3 Å². The van der Waals surface area contributed by atoms with E-state index in [1.807, 2.05) is 12.1 Å². The van der Waals surface area contributed by atoms with Gasteiger partial charge in [-0.05, 0) is 73.7 Å². The minimum absolute atomic E-state index is 0.0559. The van der Waals surface area contributed by atoms with Gasteiger partial charge in [-0.1, -0.05) is 12.1 Å². The lowest BCUT2D eigenvalue weighted by Crippen LogP contribution is -2.44. The number of halogens is 3. The van der Waals surface area contributed by atoms with Crippen LogP contribution in [0.4, 0.5) is 13.2 Å². The van der Waals surface area contributed by atoms with Crippen LogP contribution >= 0.6 is 0 Å². The molecule has 2 aromatic carbocycles. The van der Waals surface area contributed by atoms with Gasteiger partial charge < -0.3 is 15.0 Å². The predicted octanol–water partition coefficient (Wildman–Crippen LogP) is 5.11. The molecule has 46 heavy (non-hydrogen) atoms. The summed E-state index contributed by atoms with van der Waals surface area (Å²) in [5.41, 5.74) is -0.0961. The quantitative estimate of drug-likeness (QED) is 0.343. The molecule has 1 N–H and O–H groups in total. The summed E-state index contributed by atoms with van der Waals surface area (Å²) in [7, 11) is 1.53. The molecule has 0 bridgehead atoms. The lowest BCUT2D eigenvalue weighted by atomic mass is 9.88. The molecule has 12 heteroatoms. The number of nitriles is 1. The van der Waals surface area contributed by atoms with E-state index in [-0.39, 0.29) is 30.8 Å². The van der Waals surface area contributed by atoms with Gasteiger partial charge in [0.05, 0.1) is 29.9 Å². The maximum atomic E-state index is 14.1. The van der Waals surface area contributed by atoms with Gasteiger partial charge in [-0.2, -0.15) is 18.4 Å². The number of methoxy groups -OCH3 is 1. The molecular formula is C34H34F3N5O4. The summed E-state index contributed by atoms with van der Waals surface area (Å²) >= 11 is 0. The molecule has 0 radical (unpaired) electrons. The molecule has 5 rings (SSSR count). The SMILES string of the molecule is COc1ccc(C(=O)C2CCN(C(=O)c3cc(C(F)(F)F)c(C(=O)NC4CCN(Cc5ccc(C#N)cc5)CC4)cn3)CC2)cc1. The van der Waals surface area contributed by atoms with Crippen molar-refractivity contribution < 1.29 is 32.3 Å². The van der Waals surface area contributed by atoms with E-state index < -0.39 is 34.8 Å². The van der Waals surface area contributed by atoms with Gasteiger partial charge in [-0.25, -0.2) is 0 Å². The Labute approximate surface area is 265 Å². The van der Waals surface area contributed by atoms with E-state index in [0.717, 1.165) is 11.8 Å². The number of pyridine rings is 1. The number of hydrogen-bond acceptors (Lipinski definition) is 7. The Morgan fingerprint density at radius 2 is 1.63 bits per heavy atom. The smallest absolute Gasteiger partial charge is 0.417 e. The Morgan fingerprint density at radius 3 is 2.22 bits per heavy atom. The largest absolute Gasteiger partial charge is 0.497 e. The Hall–Kier alpha value is -4.76. The van der Waals surface area contributed by atoms with Crippen LogP contribution in [0.2, 0.25) is 0 Å². The summed E-state index contributed by atoms with van der Waals surface area (Å²) in [4.78, 5) is 46.7. The van der Waals surface area contributed by atoms with Gasteiger partial charge >= 0.3 is 6.18 Å². The predicted molar refractivity (Wildman–Crippen MR) is 162 cm³/mol. The molecule has 0 spiro atoms. The van der Waals surface area contributed by atoms with E-state index in [1.54, 1.807) is 36.4 Å². The minimum Gasteiger partial charge on any atom is -0.497 e. The average Bonchev–Trinajstić information content (AvgIpc) is 3.08. The van der Waals surface area contributed by atoms with Crippen molar-refractivity contribution in [1.82, 2.24) is 20.1 Å². The number of carbonyl (C=O) groups is 3. The van der Waals surface area contributed by atoms with Gasteiger partial charge in [-0.15, -0.1) is 0 Å². The number of ether oxygens (including phenoxy) is 1. The third-order valence-corrected chi connectivity index (χ3v) is 8.61. The number of piperidine rings is 2. The van der Waals surface area contributed by atoms with Crippen LogP contribution in [0.1, 0.15) is 73.6 Å². The van der Waals surface area contributed by atoms with E-state index in [9.17, 15) is 27.6 Å². The third-order valence-electron chi connectivity index (χ3n) is 8.61. The Kier molecular flexibility index (Phi) is 10.0. The fourth-order valence-electron chi connectivity index (χ4n) is 5.93. The van der Waals surface area contributed by atoms with Crippen LogP contribution in [-0.2, 0) is 12.7 Å². The topological polar surface area (TPSA) is 116 Å². The first-order valence-electron chi connectivity index (χ1n) is 15.1. The van der Waals surface area contributed by atoms with Crippen LogP contribution in [0.25, 0.3) is 0 Å². The molecule has 3 heterocycles. The lowest BCUT2D eigenvalue weighted by Gasteiger charge is -2.32. The molecule has 0 atom stereocenters. The molecule has 2 aliphatic heterocycles. The molecule has 2 aliphatic rings. The van der Waals surface area contributed by atoms with Crippen molar-refractivity contribution in [3.63, 3.8) is 0 Å². The van der Waals surface area contributed by atoms with E-state index in [0.29, 0.717) is 68.3 Å². The zero-order valence-corrected chi connectivity index (χ0v) is 25.3. The number of amides is 2. The maximum Gasteiger partial charge on any atom is 0.417 e. The van der Waals surface area contributed by atoms with Crippen LogP contribution in [0.5, 0.6) is 5.75 Å². The van der Waals surface area contributed by atoms with Gasteiger partial charge in [0.1, 0.15) is 11.4 Å². The Bertz CT molecular complexity index is 1600. The van der Waals surface area contributed by atoms with Crippen molar-refractivity contribution in [2.24, 2.45) is 5.92 Å². The number of rotatable bonds is 8. The zero-order chi connectivity index (χ0) is 32.8. The Morgan fingerprint density at radius 1 is 0.978 bits per heavy atom. The molecule has 3 aromatic rings. The van der Waals surface area contributed by atoms with E-state index in [1.165, 1.54) is 12.0 Å². The van der Waals surface area contributed by atoms with Crippen LogP contribution in [0, 0.1) is 17.2 Å². The van der Waals surface area contributed by atoms with Gasteiger partial charge in [0, 0.05) is 56.4 Å². The van der Waals surface area contributed by atoms with Gasteiger partial charge in [-0.3, -0.25) is 24.3 Å². The molecular weight excluding hydrogens is 599 g/mol. The number of likely N-dealkylation sites (tertiary alicyclic amines) is 2. The molecule has 0 saturated carbocycles. The average molecular weight is 634 g/mol. The molecule has 2 amide bonds. The number of nitrogens with zero attached hydrogens (tertiary/aromatic N) is 4. The van der Waals surface area contributed by atoms with Gasteiger partial charge in [0.15, 0.2) is 5.78 Å². The summed E-state index contributed by atoms with van der Waals surface area (Å²) < 4.78 is 47.5. The van der Waals surface area contributed by atoms with Crippen molar-refractivity contribution in [3.8, 4) is 11.8 Å². The number of aromatic nitrogens is 1. The fourth-order valence-corrected chi connectivity index (χ4v) is 5.93. The normalized spacial score (nSPS) is 16.5. The highest BCUT2D eigenvalue weighted by molar-refractivity contribution is 5.99. The van der Waals surface area contributed by atoms with E-state index >= 15 is 0 Å². The van der Waals surface area contributed by atoms with Crippen molar-refractivity contribution >= 4 is 17.6 Å². The standard InChI is InChI=1S/C34H34F3N5O4/c1-46-27-8-6-24(7-9-27)31(43)25-10-16-42(17-11-25)33(45)30-18-29(34(35,36)37)28(20-39-30)32(44)40-26-12-14-41(15-13-26)21-23-4-2-22(19-38)3-5-23/h2-9,18,20,25-26H,10-17,21H2,1H3,(H,40,44). The molecule has 1 aromatic heterocycles. The number of alkyl halides is 3. The van der Waals surface area contributed by atoms with Crippen molar-refractivity contribution in [2.75, 3.05) is 33.3 Å². The van der Waals surface area contributed by atoms with E-state index in [4.69, 9.17) is 10.00 Å². The summed E-state index contributed by atoms with van der Waals surface area (Å²) in [6.45, 7) is 2.35. The molecule has 2 saturated heterocycles. The number of nitrogens with one attached hydrogen (secondary N) is 1. The Balaban J connectivity index is 1.17. The number of Topliss-reactive ketones (excluding diaryl/α,β-unsaturated/α-hetero) is 1. The highest BCUT2D eigenvalue weighted by Crippen LogP contribution is 2.33. The number of carbonyl (C=O) groups excluding carboxylic acids is 3. The zero-order valence-electron chi connectivity index (χ0n) is 25.3. The monoisotopic (exact) mass is 633 g/mol. The molecule has 240 valence electrons. The van der Waals surface area contributed by atoms with Gasteiger partial charge in [0.25, 0.3) is 11.8 Å². The van der Waals surface area contributed by atoms with Crippen LogP contribution in [-0.4, -0.2) is 71.7 Å². The molecule has 0 unspecified atom stereocenters. The maximum absolute atomic E-state index is 14.1. The first-order valence-corrected chi connectivity index (χ1v) is 15.1. The number of ketones is 1. The summed E-state index contributed by atoms with van der Waals surface area (Å²) in [5, 5.41) is 11.7. The second-order valence-electron chi connectivity index (χ2n) is 11.6. The van der Waals surface area contributed by atoms with Crippen LogP contribution < -0.4 is 10.1 Å². The van der Waals surface area contributed by atoms with Gasteiger partial charge in [0.2, 0.25) is 0 Å². The molecule has 9 nitrogen and oxygen atoms in total. The first-order chi connectivity index (χ1) is 22.0. The third kappa shape index (κ3) is 7.72. The highest BCUT2D eigenvalue weighted by atomic mass is 19.4. The minimum atomic E-state index is -4.88. The highest BCUT2D eigenvalue weighted by Gasteiger charge is 2.38. The molecule has 0 aliphatic carbocycles. The summed E-state index contributed by atoms with van der Waals surface area (Å²) in [5.74, 6) is -1.31. The summed E-state index contributed by atoms with van der Waals surface area (Å²) in [6, 6.07) is 16.5. The second-order valence-corrected chi connectivity index (χ2v) is 11.6. The van der Waals surface area contributed by atoms with Crippen LogP contribution in [0.3, 0.4) is 0 Å². The second kappa shape index (κ2) is 14.1. The van der Waals surface area contributed by atoms with Crippen LogP contribution in [0.15, 0.2) is 60.8 Å². The van der Waals surface area contributed by atoms with Crippen molar-refractivity contribution in [2.45, 2.75) is 44.4 Å². The molecule has 2 fully saturated rings. The number of hydrogen-bond donors (Lipinski definition) is 1. The van der Waals surface area contributed by atoms with E-state index in [2.05, 4.69) is 21.3 Å². The van der Waals surface area contributed by atoms with Crippen molar-refractivity contribution in [1.29, 1.82) is 5.26 Å². The summed E-state index contributed by atoms with van der Waals surface area (Å²) in [6.07, 6.45) is -2.20. The fraction of sp³-hybridized carbons (Fsp3) is 0.382. The number of benzene rings is 2. The first kappa shape index (κ1) is 32.6. The lowest BCUT2D eigenvalue weighted by molar-refractivity contribution is -0.138.